The van der Waals surface area contributed by atoms with E-state index in [1.54, 1.807) is 30.3 Å². The molecule has 0 bridgehead atoms. The van der Waals surface area contributed by atoms with Crippen LogP contribution in [0, 0.1) is 0 Å². The van der Waals surface area contributed by atoms with Gasteiger partial charge in [-0.05, 0) is 52.8 Å². The fourth-order valence-corrected chi connectivity index (χ4v) is 2.88. The van der Waals surface area contributed by atoms with Crippen LogP contribution in [0.3, 0.4) is 0 Å². The fourth-order valence-electron chi connectivity index (χ4n) is 2.53. The van der Waals surface area contributed by atoms with Gasteiger partial charge in [0.25, 0.3) is 5.91 Å². The Labute approximate surface area is 183 Å². The van der Waals surface area contributed by atoms with Gasteiger partial charge in [0.1, 0.15) is 5.75 Å². The van der Waals surface area contributed by atoms with Crippen molar-refractivity contribution in [1.29, 1.82) is 0 Å². The summed E-state index contributed by atoms with van der Waals surface area (Å²) in [6.07, 6.45) is 2.86. The van der Waals surface area contributed by atoms with Crippen LogP contribution in [0.15, 0.2) is 72.8 Å². The zero-order chi connectivity index (χ0) is 21.3. The summed E-state index contributed by atoms with van der Waals surface area (Å²) in [7, 11) is 0. The quantitative estimate of drug-likeness (QED) is 0.321. The summed E-state index contributed by atoms with van der Waals surface area (Å²) in [6.45, 7) is -0.214. The molecule has 30 heavy (non-hydrogen) atoms. The normalized spacial score (nSPS) is 10.6. The van der Waals surface area contributed by atoms with Gasteiger partial charge in [0, 0.05) is 11.1 Å². The van der Waals surface area contributed by atoms with Crippen LogP contribution >= 0.6 is 23.8 Å². The Morgan fingerprint density at radius 1 is 0.967 bits per heavy atom. The Morgan fingerprint density at radius 3 is 2.50 bits per heavy atom. The van der Waals surface area contributed by atoms with Crippen molar-refractivity contribution in [3.8, 4) is 5.75 Å². The zero-order valence-electron chi connectivity index (χ0n) is 15.7. The Bertz CT molecular complexity index is 1120. The molecular weight excluding hydrogens is 422 g/mol. The molecule has 3 rings (SSSR count). The van der Waals surface area contributed by atoms with Crippen molar-refractivity contribution in [3.05, 3.63) is 83.4 Å². The number of amides is 2. The van der Waals surface area contributed by atoms with Gasteiger partial charge in [-0.25, -0.2) is 0 Å². The maximum atomic E-state index is 11.9. The smallest absolute Gasteiger partial charge is 0.276 e. The Hall–Kier alpha value is -3.42. The summed E-state index contributed by atoms with van der Waals surface area (Å²) in [6, 6.07) is 20.5. The molecule has 0 heterocycles. The first-order valence-electron chi connectivity index (χ1n) is 8.95. The Kier molecular flexibility index (Phi) is 7.37. The van der Waals surface area contributed by atoms with Crippen molar-refractivity contribution in [2.24, 2.45) is 0 Å². The van der Waals surface area contributed by atoms with E-state index in [0.29, 0.717) is 16.3 Å². The van der Waals surface area contributed by atoms with E-state index in [0.717, 1.165) is 10.8 Å². The number of hydrogen-bond acceptors (Lipinski definition) is 4. The lowest BCUT2D eigenvalue weighted by molar-refractivity contribution is -0.123. The first-order chi connectivity index (χ1) is 14.5. The number of carbonyl (C=O) groups excluding carboxylic acids is 2. The van der Waals surface area contributed by atoms with Crippen molar-refractivity contribution in [2.45, 2.75) is 0 Å². The summed E-state index contributed by atoms with van der Waals surface area (Å²) in [4.78, 5) is 23.8. The number of halogens is 1. The van der Waals surface area contributed by atoms with Crippen molar-refractivity contribution in [2.75, 3.05) is 6.61 Å². The molecule has 0 saturated heterocycles. The van der Waals surface area contributed by atoms with Gasteiger partial charge in [-0.15, -0.1) is 0 Å². The highest BCUT2D eigenvalue weighted by Gasteiger charge is 2.06. The summed E-state index contributed by atoms with van der Waals surface area (Å²) >= 11 is 11.0. The first kappa shape index (κ1) is 21.3. The third-order valence-corrected chi connectivity index (χ3v) is 4.51. The van der Waals surface area contributed by atoms with E-state index in [9.17, 15) is 9.59 Å². The largest absolute Gasteiger partial charge is 0.484 e. The number of hydrazine groups is 1. The molecule has 0 aliphatic heterocycles. The van der Waals surface area contributed by atoms with E-state index in [1.807, 2.05) is 42.5 Å². The molecule has 3 aromatic rings. The highest BCUT2D eigenvalue weighted by Crippen LogP contribution is 2.20. The predicted octanol–water partition coefficient (Wildman–Crippen LogP) is 3.61. The average molecular weight is 440 g/mol. The third-order valence-electron chi connectivity index (χ3n) is 3.96. The molecule has 2 amide bonds. The second-order valence-corrected chi connectivity index (χ2v) is 6.96. The van der Waals surface area contributed by atoms with Crippen LogP contribution in [-0.4, -0.2) is 23.5 Å². The molecule has 0 atom stereocenters. The van der Waals surface area contributed by atoms with Crippen molar-refractivity contribution < 1.29 is 14.3 Å². The standard InChI is InChI=1S/C22H18ClN3O3S/c23-19-8-4-3-6-16(19)10-12-20(27)24-22(30)26-25-21(28)14-29-18-11-9-15-5-1-2-7-17(15)13-18/h1-13H,14H2,(H,25,28)(H2,24,26,27,30). The highest BCUT2D eigenvalue weighted by molar-refractivity contribution is 7.80. The summed E-state index contributed by atoms with van der Waals surface area (Å²) in [5.41, 5.74) is 5.51. The van der Waals surface area contributed by atoms with Crippen LogP contribution in [0.2, 0.25) is 5.02 Å². The molecule has 6 nitrogen and oxygen atoms in total. The van der Waals surface area contributed by atoms with Crippen LogP contribution in [0.4, 0.5) is 0 Å². The minimum absolute atomic E-state index is 0.0529. The Morgan fingerprint density at radius 2 is 1.70 bits per heavy atom. The van der Waals surface area contributed by atoms with E-state index >= 15 is 0 Å². The number of hydrogen-bond donors (Lipinski definition) is 3. The average Bonchev–Trinajstić information content (AvgIpc) is 2.75. The fraction of sp³-hybridized carbons (Fsp3) is 0.0455. The van der Waals surface area contributed by atoms with E-state index in [-0.39, 0.29) is 11.7 Å². The third kappa shape index (κ3) is 6.30. The van der Waals surface area contributed by atoms with E-state index in [4.69, 9.17) is 28.6 Å². The number of benzene rings is 3. The number of rotatable bonds is 5. The number of thiocarbonyl (C=S) groups is 1. The number of nitrogens with one attached hydrogen (secondary N) is 3. The van der Waals surface area contributed by atoms with Crippen LogP contribution in [-0.2, 0) is 9.59 Å². The molecule has 152 valence electrons. The van der Waals surface area contributed by atoms with Crippen LogP contribution in [0.25, 0.3) is 16.8 Å². The second-order valence-electron chi connectivity index (χ2n) is 6.14. The number of fused-ring (bicyclic) bond motifs is 1. The van der Waals surface area contributed by atoms with Gasteiger partial charge in [0.15, 0.2) is 11.7 Å². The van der Waals surface area contributed by atoms with Crippen molar-refractivity contribution >= 4 is 57.6 Å². The predicted molar refractivity (Wildman–Crippen MR) is 122 cm³/mol. The SMILES string of the molecule is O=C(C=Cc1ccccc1Cl)NC(=S)NNC(=O)COc1ccc2ccccc2c1. The lowest BCUT2D eigenvalue weighted by atomic mass is 10.1. The molecular formula is C22H18ClN3O3S. The van der Waals surface area contributed by atoms with Crippen LogP contribution in [0.5, 0.6) is 5.75 Å². The molecule has 0 spiro atoms. The van der Waals surface area contributed by atoms with E-state index < -0.39 is 11.8 Å². The van der Waals surface area contributed by atoms with Crippen LogP contribution < -0.4 is 20.9 Å². The molecule has 0 unspecified atom stereocenters. The minimum atomic E-state index is -0.464. The summed E-state index contributed by atoms with van der Waals surface area (Å²) in [5, 5.41) is 4.99. The van der Waals surface area contributed by atoms with Gasteiger partial charge in [0.2, 0.25) is 5.91 Å². The zero-order valence-corrected chi connectivity index (χ0v) is 17.3. The number of carbonyl (C=O) groups is 2. The summed E-state index contributed by atoms with van der Waals surface area (Å²) < 4.78 is 5.48. The van der Waals surface area contributed by atoms with Gasteiger partial charge in [-0.3, -0.25) is 25.8 Å². The first-order valence-corrected chi connectivity index (χ1v) is 9.74. The molecule has 0 fully saturated rings. The van der Waals surface area contributed by atoms with Crippen LogP contribution in [0.1, 0.15) is 5.56 Å². The molecule has 3 N–H and O–H groups in total. The molecule has 3 aromatic carbocycles. The topological polar surface area (TPSA) is 79.5 Å². The molecule has 0 aromatic heterocycles. The van der Waals surface area contributed by atoms with Gasteiger partial charge in [-0.1, -0.05) is 60.1 Å². The lowest BCUT2D eigenvalue weighted by Gasteiger charge is -2.11. The molecule has 8 heteroatoms. The van der Waals surface area contributed by atoms with E-state index in [2.05, 4.69) is 16.2 Å². The van der Waals surface area contributed by atoms with Crippen molar-refractivity contribution in [3.63, 3.8) is 0 Å². The van der Waals surface area contributed by atoms with E-state index in [1.165, 1.54) is 6.08 Å². The van der Waals surface area contributed by atoms with Gasteiger partial charge in [0.05, 0.1) is 0 Å². The lowest BCUT2D eigenvalue weighted by Crippen LogP contribution is -2.49. The monoisotopic (exact) mass is 439 g/mol. The van der Waals surface area contributed by atoms with Crippen molar-refractivity contribution in [1.82, 2.24) is 16.2 Å². The molecule has 0 saturated carbocycles. The molecule has 0 radical (unpaired) electrons. The molecule has 0 aliphatic rings. The van der Waals surface area contributed by atoms with Gasteiger partial charge >= 0.3 is 0 Å². The highest BCUT2D eigenvalue weighted by atomic mass is 35.5. The van der Waals surface area contributed by atoms with Gasteiger partial charge < -0.3 is 4.74 Å². The maximum absolute atomic E-state index is 11.9. The Balaban J connectivity index is 1.41. The summed E-state index contributed by atoms with van der Waals surface area (Å²) in [5.74, 6) is -0.343. The molecule has 0 aliphatic carbocycles. The second kappa shape index (κ2) is 10.4. The van der Waals surface area contributed by atoms with Gasteiger partial charge in [-0.2, -0.15) is 0 Å². The number of ether oxygens (including phenoxy) is 1. The minimum Gasteiger partial charge on any atom is -0.484 e. The maximum Gasteiger partial charge on any atom is 0.276 e.